The van der Waals surface area contributed by atoms with Crippen molar-refractivity contribution in [3.8, 4) is 0 Å². The van der Waals surface area contributed by atoms with Crippen LogP contribution in [0.25, 0.3) is 0 Å². The number of amides is 1. The molecule has 0 aromatic heterocycles. The van der Waals surface area contributed by atoms with Crippen LogP contribution < -0.4 is 0 Å². The lowest BCUT2D eigenvalue weighted by atomic mass is 10.0. The van der Waals surface area contributed by atoms with Crippen molar-refractivity contribution in [1.82, 2.24) is 9.80 Å². The van der Waals surface area contributed by atoms with Gasteiger partial charge >= 0.3 is 0 Å². The van der Waals surface area contributed by atoms with Gasteiger partial charge in [0, 0.05) is 25.7 Å². The van der Waals surface area contributed by atoms with Crippen molar-refractivity contribution in [1.29, 1.82) is 0 Å². The molecule has 2 saturated heterocycles. The molecule has 0 aromatic carbocycles. The predicted molar refractivity (Wildman–Crippen MR) is 59.0 cm³/mol. The maximum Gasteiger partial charge on any atom is 0.249 e. The van der Waals surface area contributed by atoms with Crippen LogP contribution in [0.4, 0.5) is 0 Å². The van der Waals surface area contributed by atoms with Crippen LogP contribution in [0.2, 0.25) is 0 Å². The lowest BCUT2D eigenvalue weighted by molar-refractivity contribution is -0.167. The van der Waals surface area contributed by atoms with Gasteiger partial charge in [-0.25, -0.2) is 0 Å². The Balaban J connectivity index is 2.08. The van der Waals surface area contributed by atoms with Crippen molar-refractivity contribution in [3.05, 3.63) is 0 Å². The van der Waals surface area contributed by atoms with Gasteiger partial charge in [-0.3, -0.25) is 9.69 Å². The third-order valence-electron chi connectivity index (χ3n) is 3.53. The fourth-order valence-corrected chi connectivity index (χ4v) is 2.48. The van der Waals surface area contributed by atoms with Gasteiger partial charge < -0.3 is 14.7 Å². The molecule has 2 rings (SSSR count). The summed E-state index contributed by atoms with van der Waals surface area (Å²) in [5.74, 6) is 0.0538. The summed E-state index contributed by atoms with van der Waals surface area (Å²) in [6.45, 7) is 6.86. The van der Waals surface area contributed by atoms with Gasteiger partial charge in [-0.2, -0.15) is 0 Å². The minimum absolute atomic E-state index is 0.0135. The van der Waals surface area contributed by atoms with Gasteiger partial charge in [0.1, 0.15) is 12.7 Å². The molecule has 0 aromatic rings. The lowest BCUT2D eigenvalue weighted by Crippen LogP contribution is -2.65. The van der Waals surface area contributed by atoms with E-state index in [9.17, 15) is 9.90 Å². The second-order valence-electron chi connectivity index (χ2n) is 4.78. The van der Waals surface area contributed by atoms with Gasteiger partial charge in [0.25, 0.3) is 0 Å². The second-order valence-corrected chi connectivity index (χ2v) is 4.78. The van der Waals surface area contributed by atoms with Crippen molar-refractivity contribution in [2.75, 3.05) is 32.8 Å². The number of nitrogens with zero attached hydrogens (tertiary/aromatic N) is 2. The van der Waals surface area contributed by atoms with Gasteiger partial charge in [-0.05, 0) is 13.8 Å². The van der Waals surface area contributed by atoms with Gasteiger partial charge in [-0.15, -0.1) is 0 Å². The lowest BCUT2D eigenvalue weighted by Gasteiger charge is -2.48. The number of fused-ring (bicyclic) bond motifs is 1. The number of aliphatic hydroxyl groups excluding tert-OH is 1. The van der Waals surface area contributed by atoms with E-state index in [2.05, 4.69) is 18.7 Å². The minimum atomic E-state index is -0.223. The van der Waals surface area contributed by atoms with E-state index in [1.165, 1.54) is 0 Å². The van der Waals surface area contributed by atoms with E-state index in [0.29, 0.717) is 6.04 Å². The van der Waals surface area contributed by atoms with Crippen LogP contribution in [-0.4, -0.2) is 71.8 Å². The zero-order valence-corrected chi connectivity index (χ0v) is 9.93. The summed E-state index contributed by atoms with van der Waals surface area (Å²) in [4.78, 5) is 15.9. The largest absolute Gasteiger partial charge is 0.394 e. The standard InChI is InChI=1S/C11H20N2O3/c1-8(2)12-3-4-13-9(5-12)10(6-14)16-7-11(13)15/h8-10,14H,3-7H2,1-2H3/t9-,10+/m0/s1. The maximum absolute atomic E-state index is 11.7. The molecule has 2 aliphatic rings. The van der Waals surface area contributed by atoms with Crippen molar-refractivity contribution < 1.29 is 14.6 Å². The number of hydrogen-bond donors (Lipinski definition) is 1. The number of carbonyl (C=O) groups excluding carboxylic acids is 1. The van der Waals surface area contributed by atoms with Crippen LogP contribution in [0.3, 0.4) is 0 Å². The van der Waals surface area contributed by atoms with Crippen LogP contribution in [0.15, 0.2) is 0 Å². The molecule has 1 N–H and O–H groups in total. The van der Waals surface area contributed by atoms with Gasteiger partial charge in [0.05, 0.1) is 12.6 Å². The Morgan fingerprint density at radius 2 is 2.25 bits per heavy atom. The average Bonchev–Trinajstić information content (AvgIpc) is 2.29. The van der Waals surface area contributed by atoms with E-state index in [4.69, 9.17) is 4.74 Å². The highest BCUT2D eigenvalue weighted by Crippen LogP contribution is 2.21. The SMILES string of the molecule is CC(C)N1CCN2C(=O)CO[C@H](CO)[C@@H]2C1. The first-order valence-corrected chi connectivity index (χ1v) is 5.89. The Morgan fingerprint density at radius 1 is 1.50 bits per heavy atom. The Morgan fingerprint density at radius 3 is 2.88 bits per heavy atom. The van der Waals surface area contributed by atoms with Crippen molar-refractivity contribution in [2.24, 2.45) is 0 Å². The summed E-state index contributed by atoms with van der Waals surface area (Å²) in [7, 11) is 0. The molecule has 92 valence electrons. The molecular formula is C11H20N2O3. The number of aliphatic hydroxyl groups is 1. The van der Waals surface area contributed by atoms with Crippen LogP contribution in [0.1, 0.15) is 13.8 Å². The molecule has 2 atom stereocenters. The summed E-state index contributed by atoms with van der Waals surface area (Å²) in [5.41, 5.74) is 0. The predicted octanol–water partition coefficient (Wildman–Crippen LogP) is -0.701. The molecule has 1 amide bonds. The molecule has 0 radical (unpaired) electrons. The molecule has 5 heteroatoms. The number of rotatable bonds is 2. The van der Waals surface area contributed by atoms with Crippen molar-refractivity contribution >= 4 is 5.91 Å². The monoisotopic (exact) mass is 228 g/mol. The molecule has 0 unspecified atom stereocenters. The summed E-state index contributed by atoms with van der Waals surface area (Å²) < 4.78 is 5.37. The summed E-state index contributed by atoms with van der Waals surface area (Å²) >= 11 is 0. The first-order chi connectivity index (χ1) is 7.63. The van der Waals surface area contributed by atoms with E-state index < -0.39 is 0 Å². The molecule has 2 aliphatic heterocycles. The number of piperazine rings is 1. The number of hydrogen-bond acceptors (Lipinski definition) is 4. The molecule has 2 fully saturated rings. The normalized spacial score (nSPS) is 32.0. The highest BCUT2D eigenvalue weighted by molar-refractivity contribution is 5.78. The van der Waals surface area contributed by atoms with E-state index in [1.54, 1.807) is 0 Å². The van der Waals surface area contributed by atoms with Crippen LogP contribution >= 0.6 is 0 Å². The third kappa shape index (κ3) is 2.07. The third-order valence-corrected chi connectivity index (χ3v) is 3.53. The molecule has 5 nitrogen and oxygen atoms in total. The first-order valence-electron chi connectivity index (χ1n) is 5.89. The van der Waals surface area contributed by atoms with Crippen molar-refractivity contribution in [2.45, 2.75) is 32.0 Å². The van der Waals surface area contributed by atoms with Gasteiger partial charge in [0.2, 0.25) is 5.91 Å². The average molecular weight is 228 g/mol. The smallest absolute Gasteiger partial charge is 0.249 e. The Kier molecular flexibility index (Phi) is 3.47. The zero-order valence-electron chi connectivity index (χ0n) is 9.93. The summed E-state index contributed by atoms with van der Waals surface area (Å²) in [6, 6.07) is 0.487. The Bertz CT molecular complexity index is 270. The molecule has 0 spiro atoms. The van der Waals surface area contributed by atoms with E-state index in [0.717, 1.165) is 19.6 Å². The van der Waals surface area contributed by atoms with Gasteiger partial charge in [-0.1, -0.05) is 0 Å². The topological polar surface area (TPSA) is 53.0 Å². The Labute approximate surface area is 96.0 Å². The molecule has 0 saturated carbocycles. The van der Waals surface area contributed by atoms with E-state index in [-0.39, 0.29) is 31.3 Å². The van der Waals surface area contributed by atoms with Crippen LogP contribution in [0.5, 0.6) is 0 Å². The fraction of sp³-hybridized carbons (Fsp3) is 0.909. The van der Waals surface area contributed by atoms with Crippen LogP contribution in [0, 0.1) is 0 Å². The molecule has 2 heterocycles. The number of morpholine rings is 1. The first kappa shape index (κ1) is 11.8. The Hall–Kier alpha value is -0.650. The molecule has 0 aliphatic carbocycles. The van der Waals surface area contributed by atoms with E-state index >= 15 is 0 Å². The molecule has 16 heavy (non-hydrogen) atoms. The van der Waals surface area contributed by atoms with Crippen LogP contribution in [-0.2, 0) is 9.53 Å². The molecule has 0 bridgehead atoms. The summed E-state index contributed by atoms with van der Waals surface area (Å²) in [6.07, 6.45) is -0.223. The maximum atomic E-state index is 11.7. The number of carbonyl (C=O) groups is 1. The van der Waals surface area contributed by atoms with Crippen molar-refractivity contribution in [3.63, 3.8) is 0 Å². The highest BCUT2D eigenvalue weighted by atomic mass is 16.5. The quantitative estimate of drug-likeness (QED) is 0.679. The number of ether oxygens (including phenoxy) is 1. The minimum Gasteiger partial charge on any atom is -0.394 e. The summed E-state index contributed by atoms with van der Waals surface area (Å²) in [5, 5.41) is 9.26. The fourth-order valence-electron chi connectivity index (χ4n) is 2.48. The van der Waals surface area contributed by atoms with Gasteiger partial charge in [0.15, 0.2) is 0 Å². The highest BCUT2D eigenvalue weighted by Gasteiger charge is 2.40. The second kappa shape index (κ2) is 4.69. The zero-order chi connectivity index (χ0) is 11.7. The van der Waals surface area contributed by atoms with E-state index in [1.807, 2.05) is 4.90 Å². The molecular weight excluding hydrogens is 208 g/mol.